The van der Waals surface area contributed by atoms with Crippen molar-refractivity contribution in [3.05, 3.63) is 64.8 Å². The minimum atomic E-state index is -0.152. The van der Waals surface area contributed by atoms with Gasteiger partial charge in [0.2, 0.25) is 5.91 Å². The fraction of sp³-hybridized carbons (Fsp3) is 0.167. The molecular weight excluding hydrogens is 374 g/mol. The van der Waals surface area contributed by atoms with Crippen LogP contribution in [0.5, 0.6) is 0 Å². The molecule has 0 aliphatic rings. The Labute approximate surface area is 147 Å². The number of furan rings is 1. The lowest BCUT2D eigenvalue weighted by Crippen LogP contribution is -2.27. The van der Waals surface area contributed by atoms with E-state index < -0.39 is 0 Å². The molecule has 5 heteroatoms. The van der Waals surface area contributed by atoms with E-state index in [0.29, 0.717) is 5.75 Å². The Morgan fingerprint density at radius 2 is 1.96 bits per heavy atom. The van der Waals surface area contributed by atoms with Gasteiger partial charge in [0, 0.05) is 14.8 Å². The lowest BCUT2D eigenvalue weighted by molar-refractivity contribution is -0.119. The molecule has 0 saturated heterocycles. The number of halogens is 1. The van der Waals surface area contributed by atoms with Crippen molar-refractivity contribution in [2.24, 2.45) is 0 Å². The number of carbonyl (C=O) groups is 1. The second-order valence-electron chi connectivity index (χ2n) is 5.22. The maximum absolute atomic E-state index is 12.1. The number of nitrogens with one attached hydrogen (secondary N) is 1. The summed E-state index contributed by atoms with van der Waals surface area (Å²) in [7, 11) is 0. The predicted molar refractivity (Wildman–Crippen MR) is 97.6 cm³/mol. The zero-order valence-corrected chi connectivity index (χ0v) is 15.0. The SMILES string of the molecule is CC(NC(=O)CSc1ccc(Br)cc1)c1cc2ccccc2o1. The first-order chi connectivity index (χ1) is 11.1. The normalized spacial score (nSPS) is 12.3. The van der Waals surface area contributed by atoms with E-state index in [-0.39, 0.29) is 11.9 Å². The van der Waals surface area contributed by atoms with Gasteiger partial charge >= 0.3 is 0 Å². The van der Waals surface area contributed by atoms with Gasteiger partial charge in [0.25, 0.3) is 0 Å². The molecule has 1 unspecified atom stereocenters. The largest absolute Gasteiger partial charge is 0.459 e. The number of para-hydroxylation sites is 1. The smallest absolute Gasteiger partial charge is 0.230 e. The first-order valence-corrected chi connectivity index (χ1v) is 9.06. The number of amides is 1. The standard InChI is InChI=1S/C18H16BrNO2S/c1-12(17-10-13-4-2-3-5-16(13)22-17)20-18(21)11-23-15-8-6-14(19)7-9-15/h2-10,12H,11H2,1H3,(H,20,21). The average molecular weight is 390 g/mol. The highest BCUT2D eigenvalue weighted by Gasteiger charge is 2.14. The number of benzene rings is 2. The first-order valence-electron chi connectivity index (χ1n) is 7.28. The number of hydrogen-bond acceptors (Lipinski definition) is 3. The van der Waals surface area contributed by atoms with Gasteiger partial charge < -0.3 is 9.73 Å². The van der Waals surface area contributed by atoms with E-state index in [0.717, 1.165) is 26.1 Å². The van der Waals surface area contributed by atoms with Gasteiger partial charge in [-0.2, -0.15) is 0 Å². The molecule has 3 nitrogen and oxygen atoms in total. The number of carbonyl (C=O) groups excluding carboxylic acids is 1. The predicted octanol–water partition coefficient (Wildman–Crippen LogP) is 5.16. The second kappa shape index (κ2) is 7.23. The quantitative estimate of drug-likeness (QED) is 0.612. The molecule has 0 bridgehead atoms. The third-order valence-corrected chi connectivity index (χ3v) is 4.97. The van der Waals surface area contributed by atoms with Crippen molar-refractivity contribution in [1.29, 1.82) is 0 Å². The molecule has 1 heterocycles. The number of fused-ring (bicyclic) bond motifs is 1. The van der Waals surface area contributed by atoms with Crippen molar-refractivity contribution in [3.8, 4) is 0 Å². The summed E-state index contributed by atoms with van der Waals surface area (Å²) in [4.78, 5) is 13.2. The van der Waals surface area contributed by atoms with E-state index in [1.54, 1.807) is 0 Å². The summed E-state index contributed by atoms with van der Waals surface area (Å²) in [5, 5.41) is 4.02. The van der Waals surface area contributed by atoms with Gasteiger partial charge in [-0.05, 0) is 43.3 Å². The van der Waals surface area contributed by atoms with E-state index in [1.807, 2.05) is 61.5 Å². The van der Waals surface area contributed by atoms with E-state index in [9.17, 15) is 4.79 Å². The van der Waals surface area contributed by atoms with Crippen LogP contribution in [0.1, 0.15) is 18.7 Å². The van der Waals surface area contributed by atoms with E-state index >= 15 is 0 Å². The van der Waals surface area contributed by atoms with Crippen LogP contribution >= 0.6 is 27.7 Å². The number of thioether (sulfide) groups is 1. The van der Waals surface area contributed by atoms with Gasteiger partial charge in [-0.25, -0.2) is 0 Å². The molecule has 1 atom stereocenters. The molecular formula is C18H16BrNO2S. The van der Waals surface area contributed by atoms with Crippen LogP contribution in [0.15, 0.2) is 68.4 Å². The van der Waals surface area contributed by atoms with Crippen LogP contribution in [0.25, 0.3) is 11.0 Å². The summed E-state index contributed by atoms with van der Waals surface area (Å²) < 4.78 is 6.81. The monoisotopic (exact) mass is 389 g/mol. The molecule has 0 spiro atoms. The molecule has 3 rings (SSSR count). The van der Waals surface area contributed by atoms with Crippen molar-refractivity contribution in [1.82, 2.24) is 5.32 Å². The molecule has 23 heavy (non-hydrogen) atoms. The molecule has 1 N–H and O–H groups in total. The molecule has 118 valence electrons. The Hall–Kier alpha value is -1.72. The van der Waals surface area contributed by atoms with Crippen LogP contribution in [0.3, 0.4) is 0 Å². The minimum absolute atomic E-state index is 0.00845. The van der Waals surface area contributed by atoms with Gasteiger partial charge in [0.15, 0.2) is 0 Å². The summed E-state index contributed by atoms with van der Waals surface area (Å²) in [5.74, 6) is 1.14. The van der Waals surface area contributed by atoms with E-state index in [1.165, 1.54) is 11.8 Å². The van der Waals surface area contributed by atoms with Crippen molar-refractivity contribution in [2.75, 3.05) is 5.75 Å². The molecule has 1 aromatic heterocycles. The number of hydrogen-bond donors (Lipinski definition) is 1. The highest BCUT2D eigenvalue weighted by Crippen LogP contribution is 2.24. The molecule has 1 amide bonds. The summed E-state index contributed by atoms with van der Waals surface area (Å²) in [6.07, 6.45) is 0. The zero-order chi connectivity index (χ0) is 16.2. The molecule has 0 fully saturated rings. The molecule has 2 aromatic carbocycles. The van der Waals surface area contributed by atoms with Crippen molar-refractivity contribution in [2.45, 2.75) is 17.9 Å². The van der Waals surface area contributed by atoms with E-state index in [2.05, 4.69) is 21.2 Å². The third kappa shape index (κ3) is 4.18. The molecule has 0 saturated carbocycles. The molecule has 3 aromatic rings. The van der Waals surface area contributed by atoms with Gasteiger partial charge in [-0.1, -0.05) is 34.1 Å². The van der Waals surface area contributed by atoms with Crippen molar-refractivity contribution < 1.29 is 9.21 Å². The Kier molecular flexibility index (Phi) is 5.08. The molecule has 0 aliphatic heterocycles. The second-order valence-corrected chi connectivity index (χ2v) is 7.18. The zero-order valence-electron chi connectivity index (χ0n) is 12.6. The Bertz CT molecular complexity index is 780. The van der Waals surface area contributed by atoms with Crippen molar-refractivity contribution >= 4 is 44.6 Å². The Morgan fingerprint density at radius 1 is 1.22 bits per heavy atom. The lowest BCUT2D eigenvalue weighted by atomic mass is 10.2. The van der Waals surface area contributed by atoms with Crippen molar-refractivity contribution in [3.63, 3.8) is 0 Å². The van der Waals surface area contributed by atoms with Gasteiger partial charge in [0.05, 0.1) is 11.8 Å². The number of rotatable bonds is 5. The fourth-order valence-corrected chi connectivity index (χ4v) is 3.22. The van der Waals surface area contributed by atoms with E-state index in [4.69, 9.17) is 4.42 Å². The Balaban J connectivity index is 1.57. The van der Waals surface area contributed by atoms with Crippen LogP contribution in [0.4, 0.5) is 0 Å². The Morgan fingerprint density at radius 3 is 2.70 bits per heavy atom. The summed E-state index contributed by atoms with van der Waals surface area (Å²) in [5.41, 5.74) is 0.841. The first kappa shape index (κ1) is 16.1. The van der Waals surface area contributed by atoms with Crippen LogP contribution in [0, 0.1) is 0 Å². The maximum Gasteiger partial charge on any atom is 0.230 e. The topological polar surface area (TPSA) is 42.2 Å². The van der Waals surface area contributed by atoms with Crippen LogP contribution in [0.2, 0.25) is 0 Å². The third-order valence-electron chi connectivity index (χ3n) is 3.43. The average Bonchev–Trinajstić information content (AvgIpc) is 2.98. The maximum atomic E-state index is 12.1. The summed E-state index contributed by atoms with van der Waals surface area (Å²) in [6, 6.07) is 17.6. The van der Waals surface area contributed by atoms with Gasteiger partial charge in [-0.15, -0.1) is 11.8 Å². The molecule has 0 radical (unpaired) electrons. The highest BCUT2D eigenvalue weighted by atomic mass is 79.9. The van der Waals surface area contributed by atoms with Crippen LogP contribution in [-0.4, -0.2) is 11.7 Å². The molecule has 0 aliphatic carbocycles. The van der Waals surface area contributed by atoms with Gasteiger partial charge in [-0.3, -0.25) is 4.79 Å². The van der Waals surface area contributed by atoms with Gasteiger partial charge in [0.1, 0.15) is 11.3 Å². The van der Waals surface area contributed by atoms with Crippen LogP contribution < -0.4 is 5.32 Å². The lowest BCUT2D eigenvalue weighted by Gasteiger charge is -2.11. The fourth-order valence-electron chi connectivity index (χ4n) is 2.25. The minimum Gasteiger partial charge on any atom is -0.459 e. The summed E-state index contributed by atoms with van der Waals surface area (Å²) >= 11 is 4.92. The summed E-state index contributed by atoms with van der Waals surface area (Å²) in [6.45, 7) is 1.93. The van der Waals surface area contributed by atoms with Crippen LogP contribution in [-0.2, 0) is 4.79 Å². The highest BCUT2D eigenvalue weighted by molar-refractivity contribution is 9.10.